The molecule has 1 aliphatic heterocycles. The van der Waals surface area contributed by atoms with E-state index in [9.17, 15) is 9.59 Å². The first-order chi connectivity index (χ1) is 15.1. The van der Waals surface area contributed by atoms with Crippen LogP contribution in [-0.2, 0) is 20.9 Å². The molecule has 7 heteroatoms. The van der Waals surface area contributed by atoms with E-state index in [4.69, 9.17) is 21.7 Å². The molecule has 0 aromatic heterocycles. The van der Waals surface area contributed by atoms with Gasteiger partial charge in [-0.2, -0.15) is 0 Å². The van der Waals surface area contributed by atoms with Gasteiger partial charge in [-0.25, -0.2) is 0 Å². The molecule has 2 aromatic rings. The fourth-order valence-corrected chi connectivity index (χ4v) is 4.27. The van der Waals surface area contributed by atoms with Gasteiger partial charge in [-0.1, -0.05) is 79.4 Å². The number of benzene rings is 2. The van der Waals surface area contributed by atoms with E-state index in [-0.39, 0.29) is 18.3 Å². The van der Waals surface area contributed by atoms with Crippen molar-refractivity contribution in [1.29, 1.82) is 0 Å². The highest BCUT2D eigenvalue weighted by molar-refractivity contribution is 8.26. The van der Waals surface area contributed by atoms with Crippen LogP contribution in [0.3, 0.4) is 0 Å². The zero-order valence-corrected chi connectivity index (χ0v) is 19.0. The Morgan fingerprint density at radius 2 is 1.87 bits per heavy atom. The number of thioether (sulfide) groups is 1. The third kappa shape index (κ3) is 6.67. The van der Waals surface area contributed by atoms with Crippen LogP contribution in [0.1, 0.15) is 37.3 Å². The maximum absolute atomic E-state index is 12.9. The van der Waals surface area contributed by atoms with E-state index < -0.39 is 0 Å². The number of amides is 1. The third-order valence-electron chi connectivity index (χ3n) is 4.55. The van der Waals surface area contributed by atoms with Crippen molar-refractivity contribution >= 4 is 46.3 Å². The van der Waals surface area contributed by atoms with Crippen molar-refractivity contribution in [3.8, 4) is 5.75 Å². The maximum atomic E-state index is 12.9. The first kappa shape index (κ1) is 23.0. The van der Waals surface area contributed by atoms with Crippen LogP contribution >= 0.6 is 24.0 Å². The Bertz CT molecular complexity index is 959. The number of thiocarbonyl (C=S) groups is 1. The van der Waals surface area contributed by atoms with Crippen LogP contribution in [-0.4, -0.2) is 34.2 Å². The molecule has 0 bridgehead atoms. The van der Waals surface area contributed by atoms with E-state index in [1.807, 2.05) is 67.6 Å². The summed E-state index contributed by atoms with van der Waals surface area (Å²) in [7, 11) is 0. The molecule has 2 aromatic carbocycles. The van der Waals surface area contributed by atoms with Gasteiger partial charge in [0, 0.05) is 18.5 Å². The van der Waals surface area contributed by atoms with Gasteiger partial charge in [-0.15, -0.1) is 0 Å². The third-order valence-corrected chi connectivity index (χ3v) is 5.92. The van der Waals surface area contributed by atoms with Crippen LogP contribution in [0.15, 0.2) is 59.5 Å². The van der Waals surface area contributed by atoms with Gasteiger partial charge < -0.3 is 9.47 Å². The molecule has 0 spiro atoms. The lowest BCUT2D eigenvalue weighted by Crippen LogP contribution is -2.29. The van der Waals surface area contributed by atoms with E-state index in [0.717, 1.165) is 17.5 Å². The highest BCUT2D eigenvalue weighted by atomic mass is 32.2. The Morgan fingerprint density at radius 3 is 2.65 bits per heavy atom. The number of hydrogen-bond donors (Lipinski definition) is 0. The highest BCUT2D eigenvalue weighted by Crippen LogP contribution is 2.34. The number of carbonyl (C=O) groups excluding carboxylic acids is 2. The van der Waals surface area contributed by atoms with Crippen molar-refractivity contribution in [2.24, 2.45) is 0 Å². The van der Waals surface area contributed by atoms with Gasteiger partial charge in [-0.05, 0) is 30.5 Å². The second-order valence-electron chi connectivity index (χ2n) is 6.97. The van der Waals surface area contributed by atoms with Gasteiger partial charge in [0.05, 0.1) is 11.5 Å². The zero-order chi connectivity index (χ0) is 22.1. The molecule has 31 heavy (non-hydrogen) atoms. The van der Waals surface area contributed by atoms with E-state index >= 15 is 0 Å². The molecule has 0 unspecified atom stereocenters. The summed E-state index contributed by atoms with van der Waals surface area (Å²) in [5.74, 6) is 0.317. The van der Waals surface area contributed by atoms with Crippen molar-refractivity contribution in [2.45, 2.75) is 32.8 Å². The number of esters is 1. The molecular weight excluding hydrogens is 430 g/mol. The largest absolute Gasteiger partial charge is 0.488 e. The molecule has 1 heterocycles. The Balaban J connectivity index is 1.62. The van der Waals surface area contributed by atoms with E-state index in [1.54, 1.807) is 4.90 Å². The molecular formula is C24H25NO4S2. The lowest BCUT2D eigenvalue weighted by molar-refractivity contribution is -0.144. The summed E-state index contributed by atoms with van der Waals surface area (Å²) in [6.45, 7) is 3.22. The van der Waals surface area contributed by atoms with Gasteiger partial charge in [0.2, 0.25) is 0 Å². The first-order valence-electron chi connectivity index (χ1n) is 10.2. The topological polar surface area (TPSA) is 55.8 Å². The highest BCUT2D eigenvalue weighted by Gasteiger charge is 2.31. The van der Waals surface area contributed by atoms with Gasteiger partial charge >= 0.3 is 5.97 Å². The Hall–Kier alpha value is -2.64. The summed E-state index contributed by atoms with van der Waals surface area (Å²) in [4.78, 5) is 26.6. The molecule has 0 N–H and O–H groups in total. The SMILES string of the molecule is CCCOC(=O)CCCN1C(=O)/C(=C/c2ccccc2OCc2ccccc2)SC1=S. The molecule has 1 fully saturated rings. The molecule has 1 saturated heterocycles. The summed E-state index contributed by atoms with van der Waals surface area (Å²) < 4.78 is 11.6. The maximum Gasteiger partial charge on any atom is 0.305 e. The number of hydrogen-bond acceptors (Lipinski definition) is 6. The lowest BCUT2D eigenvalue weighted by Gasteiger charge is -2.14. The number of rotatable bonds is 10. The van der Waals surface area contributed by atoms with Gasteiger partial charge in [-0.3, -0.25) is 14.5 Å². The smallest absolute Gasteiger partial charge is 0.305 e. The van der Waals surface area contributed by atoms with Gasteiger partial charge in [0.1, 0.15) is 16.7 Å². The lowest BCUT2D eigenvalue weighted by atomic mass is 10.1. The second kappa shape index (κ2) is 11.7. The number of para-hydroxylation sites is 1. The Kier molecular flexibility index (Phi) is 8.67. The Morgan fingerprint density at radius 1 is 1.13 bits per heavy atom. The average Bonchev–Trinajstić information content (AvgIpc) is 3.05. The number of carbonyl (C=O) groups is 2. The first-order valence-corrected chi connectivity index (χ1v) is 11.5. The molecule has 5 nitrogen and oxygen atoms in total. The minimum Gasteiger partial charge on any atom is -0.488 e. The minimum absolute atomic E-state index is 0.144. The van der Waals surface area contributed by atoms with E-state index in [0.29, 0.717) is 41.2 Å². The summed E-state index contributed by atoms with van der Waals surface area (Å²) in [6, 6.07) is 17.5. The monoisotopic (exact) mass is 455 g/mol. The fourth-order valence-electron chi connectivity index (χ4n) is 2.97. The van der Waals surface area contributed by atoms with Crippen molar-refractivity contribution in [1.82, 2.24) is 4.90 Å². The van der Waals surface area contributed by atoms with Gasteiger partial charge in [0.15, 0.2) is 0 Å². The molecule has 162 valence electrons. The van der Waals surface area contributed by atoms with Gasteiger partial charge in [0.25, 0.3) is 5.91 Å². The van der Waals surface area contributed by atoms with Crippen molar-refractivity contribution in [3.63, 3.8) is 0 Å². The van der Waals surface area contributed by atoms with Crippen molar-refractivity contribution in [2.75, 3.05) is 13.2 Å². The molecule has 0 aliphatic carbocycles. The van der Waals surface area contributed by atoms with Crippen LogP contribution in [0.4, 0.5) is 0 Å². The molecule has 0 saturated carbocycles. The predicted molar refractivity (Wildman–Crippen MR) is 128 cm³/mol. The fraction of sp³-hybridized carbons (Fsp3) is 0.292. The van der Waals surface area contributed by atoms with E-state index in [1.165, 1.54) is 11.8 Å². The van der Waals surface area contributed by atoms with Crippen LogP contribution in [0.25, 0.3) is 6.08 Å². The standard InChI is InChI=1S/C24H25NO4S2/c1-2-15-28-22(26)13-8-14-25-23(27)21(31-24(25)30)16-19-11-6-7-12-20(19)29-17-18-9-4-3-5-10-18/h3-7,9-12,16H,2,8,13-15,17H2,1H3/b21-16-. The summed E-state index contributed by atoms with van der Waals surface area (Å²) >= 11 is 6.66. The molecule has 0 radical (unpaired) electrons. The average molecular weight is 456 g/mol. The number of nitrogens with zero attached hydrogens (tertiary/aromatic N) is 1. The molecule has 0 atom stereocenters. The Labute approximate surface area is 192 Å². The number of ether oxygens (including phenoxy) is 2. The minimum atomic E-state index is -0.243. The quantitative estimate of drug-likeness (QED) is 0.279. The van der Waals surface area contributed by atoms with Crippen molar-refractivity contribution < 1.29 is 19.1 Å². The van der Waals surface area contributed by atoms with Crippen LogP contribution < -0.4 is 4.74 Å². The van der Waals surface area contributed by atoms with Crippen molar-refractivity contribution in [3.05, 3.63) is 70.6 Å². The van der Waals surface area contributed by atoms with Crippen LogP contribution in [0, 0.1) is 0 Å². The zero-order valence-electron chi connectivity index (χ0n) is 17.4. The molecule has 1 amide bonds. The summed E-state index contributed by atoms with van der Waals surface area (Å²) in [5.41, 5.74) is 1.89. The van der Waals surface area contributed by atoms with Crippen LogP contribution in [0.5, 0.6) is 5.75 Å². The summed E-state index contributed by atoms with van der Waals surface area (Å²) in [5, 5.41) is 0. The van der Waals surface area contributed by atoms with Crippen LogP contribution in [0.2, 0.25) is 0 Å². The summed E-state index contributed by atoms with van der Waals surface area (Å²) in [6.07, 6.45) is 3.39. The predicted octanol–water partition coefficient (Wildman–Crippen LogP) is 5.20. The second-order valence-corrected chi connectivity index (χ2v) is 8.65. The molecule has 3 rings (SSSR count). The van der Waals surface area contributed by atoms with E-state index in [2.05, 4.69) is 0 Å². The normalized spacial score (nSPS) is 14.9. The molecule has 1 aliphatic rings.